The normalized spacial score (nSPS) is 10.8. The minimum Gasteiger partial charge on any atom is -0.494 e. The summed E-state index contributed by atoms with van der Waals surface area (Å²) in [6.07, 6.45) is 0. The lowest BCUT2D eigenvalue weighted by Crippen LogP contribution is -2.30. The molecule has 0 saturated carbocycles. The molecular weight excluding hydrogens is 283 g/mol. The second kappa shape index (κ2) is 7.52. The number of rotatable bonds is 6. The number of sulfonamides is 1. The fraction of sp³-hybridized carbons (Fsp3) is 0.400. The van der Waals surface area contributed by atoms with Crippen LogP contribution in [0.2, 0.25) is 0 Å². The van der Waals surface area contributed by atoms with E-state index in [0.29, 0.717) is 6.54 Å². The number of methoxy groups -OCH3 is 1. The van der Waals surface area contributed by atoms with Crippen LogP contribution < -0.4 is 14.8 Å². The molecule has 104 valence electrons. The Morgan fingerprint density at radius 2 is 2.00 bits per heavy atom. The van der Waals surface area contributed by atoms with Crippen LogP contribution in [-0.2, 0) is 10.0 Å². The number of nitrogens with one attached hydrogen (secondary N) is 2. The summed E-state index contributed by atoms with van der Waals surface area (Å²) in [4.78, 5) is -0.119. The minimum absolute atomic E-state index is 0. The molecule has 0 unspecified atom stereocenters. The number of likely N-dealkylation sites (N-methyl/N-ethyl adjacent to an activating group) is 1. The van der Waals surface area contributed by atoms with Crippen molar-refractivity contribution in [2.45, 2.75) is 4.90 Å². The summed E-state index contributed by atoms with van der Waals surface area (Å²) in [6, 6.07) is 3.51. The predicted octanol–water partition coefficient (Wildman–Crippen LogP) is 0.754. The highest BCUT2D eigenvalue weighted by Crippen LogP contribution is 2.20. The first-order chi connectivity index (χ1) is 8.01. The summed E-state index contributed by atoms with van der Waals surface area (Å²) in [5, 5.41) is 2.80. The van der Waals surface area contributed by atoms with Gasteiger partial charge in [-0.2, -0.15) is 0 Å². The highest BCUT2D eigenvalue weighted by Gasteiger charge is 2.15. The maximum Gasteiger partial charge on any atom is 0.240 e. The van der Waals surface area contributed by atoms with E-state index in [-0.39, 0.29) is 29.6 Å². The van der Waals surface area contributed by atoms with Crippen molar-refractivity contribution in [3.8, 4) is 5.75 Å². The topological polar surface area (TPSA) is 67.4 Å². The Bertz CT molecular complexity index is 482. The average molecular weight is 299 g/mol. The lowest BCUT2D eigenvalue weighted by atomic mass is 10.3. The molecule has 2 N–H and O–H groups in total. The molecule has 0 heterocycles. The van der Waals surface area contributed by atoms with Crippen LogP contribution in [0.15, 0.2) is 23.1 Å². The first kappa shape index (κ1) is 17.1. The zero-order valence-electron chi connectivity index (χ0n) is 10.1. The summed E-state index contributed by atoms with van der Waals surface area (Å²) in [7, 11) is -0.639. The van der Waals surface area contributed by atoms with Gasteiger partial charge in [0.2, 0.25) is 10.0 Å². The van der Waals surface area contributed by atoms with Gasteiger partial charge in [0.25, 0.3) is 0 Å². The molecule has 0 bridgehead atoms. The molecule has 1 rings (SSSR count). The third-order valence-electron chi connectivity index (χ3n) is 2.10. The molecule has 0 atom stereocenters. The van der Waals surface area contributed by atoms with E-state index in [0.717, 1.165) is 6.07 Å². The Morgan fingerprint density at radius 3 is 2.50 bits per heavy atom. The average Bonchev–Trinajstić information content (AvgIpc) is 2.29. The van der Waals surface area contributed by atoms with Crippen molar-refractivity contribution in [1.82, 2.24) is 10.0 Å². The fourth-order valence-corrected chi connectivity index (χ4v) is 2.25. The number of ether oxygens (including phenoxy) is 1. The van der Waals surface area contributed by atoms with Gasteiger partial charge in [0.1, 0.15) is 0 Å². The Labute approximate surface area is 112 Å². The summed E-state index contributed by atoms with van der Waals surface area (Å²) in [5.74, 6) is -0.692. The molecule has 5 nitrogen and oxygen atoms in total. The highest BCUT2D eigenvalue weighted by molar-refractivity contribution is 7.89. The van der Waals surface area contributed by atoms with Gasteiger partial charge in [-0.25, -0.2) is 17.5 Å². The largest absolute Gasteiger partial charge is 0.494 e. The van der Waals surface area contributed by atoms with Crippen molar-refractivity contribution >= 4 is 22.4 Å². The summed E-state index contributed by atoms with van der Waals surface area (Å²) >= 11 is 0. The van der Waals surface area contributed by atoms with E-state index in [2.05, 4.69) is 10.0 Å². The molecule has 0 aliphatic rings. The lowest BCUT2D eigenvalue weighted by Gasteiger charge is -2.08. The fourth-order valence-electron chi connectivity index (χ4n) is 1.21. The Balaban J connectivity index is 0.00000289. The lowest BCUT2D eigenvalue weighted by molar-refractivity contribution is 0.385. The smallest absolute Gasteiger partial charge is 0.240 e. The van der Waals surface area contributed by atoms with Crippen molar-refractivity contribution in [2.75, 3.05) is 27.2 Å². The maximum absolute atomic E-state index is 13.3. The van der Waals surface area contributed by atoms with Crippen molar-refractivity contribution in [2.24, 2.45) is 0 Å². The van der Waals surface area contributed by atoms with Gasteiger partial charge in [0.15, 0.2) is 11.6 Å². The molecule has 0 aromatic heterocycles. The third kappa shape index (κ3) is 4.41. The van der Waals surface area contributed by atoms with Crippen molar-refractivity contribution in [3.63, 3.8) is 0 Å². The molecule has 0 amide bonds. The van der Waals surface area contributed by atoms with Crippen LogP contribution in [0.4, 0.5) is 4.39 Å². The number of benzene rings is 1. The number of halogens is 2. The van der Waals surface area contributed by atoms with E-state index in [9.17, 15) is 12.8 Å². The first-order valence-electron chi connectivity index (χ1n) is 4.99. The molecule has 0 fully saturated rings. The second-order valence-electron chi connectivity index (χ2n) is 3.30. The zero-order chi connectivity index (χ0) is 12.9. The van der Waals surface area contributed by atoms with Gasteiger partial charge in [-0.1, -0.05) is 0 Å². The molecular formula is C10H16ClFN2O3S. The minimum atomic E-state index is -3.67. The monoisotopic (exact) mass is 298 g/mol. The van der Waals surface area contributed by atoms with Crippen molar-refractivity contribution < 1.29 is 17.5 Å². The predicted molar refractivity (Wildman–Crippen MR) is 69.3 cm³/mol. The van der Waals surface area contributed by atoms with Gasteiger partial charge in [0.05, 0.1) is 12.0 Å². The molecule has 0 radical (unpaired) electrons. The van der Waals surface area contributed by atoms with Crippen LogP contribution in [0.5, 0.6) is 5.75 Å². The molecule has 1 aromatic rings. The van der Waals surface area contributed by atoms with Gasteiger partial charge >= 0.3 is 0 Å². The molecule has 0 aliphatic carbocycles. The van der Waals surface area contributed by atoms with Gasteiger partial charge in [-0.05, 0) is 25.2 Å². The summed E-state index contributed by atoms with van der Waals surface area (Å²) in [5.41, 5.74) is 0. The van der Waals surface area contributed by atoms with Crippen LogP contribution >= 0.6 is 12.4 Å². The van der Waals surface area contributed by atoms with Gasteiger partial charge in [-0.15, -0.1) is 12.4 Å². The Hall–Kier alpha value is -0.890. The Kier molecular flexibility index (Phi) is 7.15. The van der Waals surface area contributed by atoms with Crippen molar-refractivity contribution in [1.29, 1.82) is 0 Å². The molecule has 0 saturated heterocycles. The van der Waals surface area contributed by atoms with Gasteiger partial charge in [0, 0.05) is 13.1 Å². The third-order valence-corrected chi connectivity index (χ3v) is 3.56. The first-order valence-corrected chi connectivity index (χ1v) is 6.47. The van der Waals surface area contributed by atoms with Gasteiger partial charge < -0.3 is 10.1 Å². The maximum atomic E-state index is 13.3. The molecule has 0 aliphatic heterocycles. The van der Waals surface area contributed by atoms with Crippen molar-refractivity contribution in [3.05, 3.63) is 24.0 Å². The zero-order valence-corrected chi connectivity index (χ0v) is 11.7. The van der Waals surface area contributed by atoms with Gasteiger partial charge in [-0.3, -0.25) is 0 Å². The molecule has 0 spiro atoms. The second-order valence-corrected chi connectivity index (χ2v) is 5.06. The van der Waals surface area contributed by atoms with E-state index in [1.807, 2.05) is 0 Å². The summed E-state index contributed by atoms with van der Waals surface area (Å²) in [6.45, 7) is 0.740. The summed E-state index contributed by atoms with van der Waals surface area (Å²) < 4.78 is 43.8. The van der Waals surface area contributed by atoms with Crippen LogP contribution in [0, 0.1) is 5.82 Å². The molecule has 1 aromatic carbocycles. The number of hydrogen-bond donors (Lipinski definition) is 2. The highest BCUT2D eigenvalue weighted by atomic mass is 35.5. The molecule has 18 heavy (non-hydrogen) atoms. The van der Waals surface area contributed by atoms with Crippen LogP contribution in [0.1, 0.15) is 0 Å². The standard InChI is InChI=1S/C10H15FN2O3S.ClH/c1-12-5-6-13-17(14,15)8-3-4-10(16-2)9(11)7-8;/h3-4,7,12-13H,5-6H2,1-2H3;1H. The molecule has 8 heteroatoms. The van der Waals surface area contributed by atoms with E-state index in [1.54, 1.807) is 7.05 Å². The van der Waals surface area contributed by atoms with Crippen LogP contribution in [0.3, 0.4) is 0 Å². The van der Waals surface area contributed by atoms with E-state index in [1.165, 1.54) is 19.2 Å². The SMILES string of the molecule is CNCCNS(=O)(=O)c1ccc(OC)c(F)c1.Cl. The Morgan fingerprint density at radius 1 is 1.33 bits per heavy atom. The van der Waals surface area contributed by atoms with Crippen LogP contribution in [0.25, 0.3) is 0 Å². The van der Waals surface area contributed by atoms with E-state index in [4.69, 9.17) is 4.74 Å². The van der Waals surface area contributed by atoms with E-state index >= 15 is 0 Å². The number of hydrogen-bond acceptors (Lipinski definition) is 4. The van der Waals surface area contributed by atoms with Crippen LogP contribution in [-0.4, -0.2) is 35.7 Å². The quantitative estimate of drug-likeness (QED) is 0.761. The van der Waals surface area contributed by atoms with E-state index < -0.39 is 15.8 Å².